The number of anilines is 5. The minimum Gasteiger partial charge on any atom is -0.378 e. The number of hydrogen-bond donors (Lipinski definition) is 3. The number of fused-ring (bicyclic) bond motifs is 2. The summed E-state index contributed by atoms with van der Waals surface area (Å²) in [6, 6.07) is 16.2. The molecule has 0 spiro atoms. The lowest BCUT2D eigenvalue weighted by Crippen LogP contribution is -2.08. The van der Waals surface area contributed by atoms with Gasteiger partial charge in [0.25, 0.3) is 0 Å². The van der Waals surface area contributed by atoms with Gasteiger partial charge in [0.1, 0.15) is 0 Å². The molecule has 0 aliphatic rings. The van der Waals surface area contributed by atoms with Gasteiger partial charge in [0.05, 0.1) is 21.9 Å². The lowest BCUT2D eigenvalue weighted by atomic mass is 10.2. The summed E-state index contributed by atoms with van der Waals surface area (Å²) in [6.07, 6.45) is 1.81. The van der Waals surface area contributed by atoms with Crippen molar-refractivity contribution >= 4 is 61.3 Å². The van der Waals surface area contributed by atoms with Gasteiger partial charge in [0.2, 0.25) is 5.95 Å². The first-order valence-electron chi connectivity index (χ1n) is 9.15. The molecule has 3 aromatic heterocycles. The van der Waals surface area contributed by atoms with Crippen LogP contribution in [-0.2, 0) is 0 Å². The summed E-state index contributed by atoms with van der Waals surface area (Å²) in [5.41, 5.74) is 4.91. The Hall–Kier alpha value is -3.65. The van der Waals surface area contributed by atoms with Crippen molar-refractivity contribution in [3.05, 3.63) is 60.1 Å². The number of benzene rings is 2. The van der Waals surface area contributed by atoms with Crippen molar-refractivity contribution in [3.8, 4) is 0 Å². The Morgan fingerprint density at radius 1 is 0.966 bits per heavy atom. The Labute approximate surface area is 171 Å². The molecule has 0 amide bonds. The molecule has 3 heterocycles. The molecule has 2 aromatic carbocycles. The van der Waals surface area contributed by atoms with E-state index in [1.165, 1.54) is 0 Å². The number of hydrogen-bond acceptors (Lipinski definition) is 7. The molecule has 3 N–H and O–H groups in total. The summed E-state index contributed by atoms with van der Waals surface area (Å²) in [7, 11) is 4.04. The molecular formula is C21H19N7S. The second-order valence-corrected chi connectivity index (χ2v) is 7.81. The van der Waals surface area contributed by atoms with Crippen LogP contribution in [0.3, 0.4) is 0 Å². The predicted molar refractivity (Wildman–Crippen MR) is 121 cm³/mol. The van der Waals surface area contributed by atoms with E-state index in [2.05, 4.69) is 42.8 Å². The molecule has 0 saturated heterocycles. The Morgan fingerprint density at radius 2 is 1.86 bits per heavy atom. The van der Waals surface area contributed by atoms with E-state index >= 15 is 0 Å². The van der Waals surface area contributed by atoms with Crippen LogP contribution in [0.5, 0.6) is 0 Å². The van der Waals surface area contributed by atoms with Gasteiger partial charge in [-0.3, -0.25) is 5.10 Å². The molecule has 7 nitrogen and oxygen atoms in total. The number of aromatic nitrogens is 4. The maximum absolute atomic E-state index is 4.75. The molecule has 29 heavy (non-hydrogen) atoms. The van der Waals surface area contributed by atoms with Gasteiger partial charge in [-0.15, -0.1) is 11.3 Å². The van der Waals surface area contributed by atoms with Gasteiger partial charge < -0.3 is 15.5 Å². The SMILES string of the molecule is CN(C)c1cccc(Nc2nc(Nc3ccc4[nH]ncc4c3)c3sccc3n2)c1. The summed E-state index contributed by atoms with van der Waals surface area (Å²) < 4.78 is 1.02. The average Bonchev–Trinajstić information content (AvgIpc) is 3.37. The maximum atomic E-state index is 4.75. The number of aromatic amines is 1. The molecule has 0 atom stereocenters. The van der Waals surface area contributed by atoms with E-state index in [1.807, 2.05) is 62.1 Å². The molecule has 5 rings (SSSR count). The predicted octanol–water partition coefficient (Wildman–Crippen LogP) is 5.12. The quantitative estimate of drug-likeness (QED) is 0.379. The topological polar surface area (TPSA) is 81.8 Å². The summed E-state index contributed by atoms with van der Waals surface area (Å²) in [6.45, 7) is 0. The molecule has 0 fully saturated rings. The van der Waals surface area contributed by atoms with E-state index in [1.54, 1.807) is 11.3 Å². The van der Waals surface area contributed by atoms with E-state index in [9.17, 15) is 0 Å². The highest BCUT2D eigenvalue weighted by molar-refractivity contribution is 7.17. The third-order valence-corrected chi connectivity index (χ3v) is 5.54. The van der Waals surface area contributed by atoms with E-state index in [4.69, 9.17) is 4.98 Å². The molecule has 0 radical (unpaired) electrons. The zero-order valence-electron chi connectivity index (χ0n) is 16.0. The second kappa shape index (κ2) is 7.06. The number of thiophene rings is 1. The van der Waals surface area contributed by atoms with Crippen LogP contribution in [-0.4, -0.2) is 34.3 Å². The zero-order chi connectivity index (χ0) is 19.8. The van der Waals surface area contributed by atoms with Crippen molar-refractivity contribution in [3.63, 3.8) is 0 Å². The maximum Gasteiger partial charge on any atom is 0.229 e. The summed E-state index contributed by atoms with van der Waals surface area (Å²) in [5.74, 6) is 1.33. The third kappa shape index (κ3) is 3.45. The highest BCUT2D eigenvalue weighted by Gasteiger charge is 2.11. The first-order valence-corrected chi connectivity index (χ1v) is 10.0. The molecule has 0 saturated carbocycles. The van der Waals surface area contributed by atoms with Gasteiger partial charge in [-0.05, 0) is 47.8 Å². The highest BCUT2D eigenvalue weighted by atomic mass is 32.1. The van der Waals surface area contributed by atoms with Gasteiger partial charge in [-0.2, -0.15) is 10.1 Å². The van der Waals surface area contributed by atoms with E-state index in [-0.39, 0.29) is 0 Å². The third-order valence-electron chi connectivity index (χ3n) is 4.63. The van der Waals surface area contributed by atoms with Crippen LogP contribution >= 0.6 is 11.3 Å². The molecule has 144 valence electrons. The molecule has 0 aliphatic carbocycles. The smallest absolute Gasteiger partial charge is 0.229 e. The van der Waals surface area contributed by atoms with Gasteiger partial charge in [-0.25, -0.2) is 4.98 Å². The minimum atomic E-state index is 0.554. The molecule has 0 aliphatic heterocycles. The standard InChI is InChI=1S/C21H19N7S/c1-28(2)16-5-3-4-14(11-16)24-21-25-18-8-9-29-19(18)20(26-21)23-15-6-7-17-13(10-15)12-22-27-17/h3-12H,1-2H3,(H,22,27)(H2,23,24,25,26). The fraction of sp³-hybridized carbons (Fsp3) is 0.0952. The summed E-state index contributed by atoms with van der Waals surface area (Å²) in [4.78, 5) is 11.5. The van der Waals surface area contributed by atoms with Crippen LogP contribution in [0.4, 0.5) is 28.8 Å². The van der Waals surface area contributed by atoms with Crippen molar-refractivity contribution in [1.29, 1.82) is 0 Å². The number of rotatable bonds is 5. The fourth-order valence-corrected chi connectivity index (χ4v) is 3.93. The van der Waals surface area contributed by atoms with E-state index < -0.39 is 0 Å². The number of H-pyrrole nitrogens is 1. The first-order chi connectivity index (χ1) is 14.2. The first kappa shape index (κ1) is 17.4. The van der Waals surface area contributed by atoms with Crippen molar-refractivity contribution in [2.24, 2.45) is 0 Å². The zero-order valence-corrected chi connectivity index (χ0v) is 16.8. The van der Waals surface area contributed by atoms with Gasteiger partial charge >= 0.3 is 0 Å². The van der Waals surface area contributed by atoms with Crippen LogP contribution in [0.1, 0.15) is 0 Å². The summed E-state index contributed by atoms with van der Waals surface area (Å²) >= 11 is 1.62. The van der Waals surface area contributed by atoms with Crippen molar-refractivity contribution in [2.45, 2.75) is 0 Å². The average molecular weight is 401 g/mol. The minimum absolute atomic E-state index is 0.554. The van der Waals surface area contributed by atoms with Crippen LogP contribution in [0.15, 0.2) is 60.1 Å². The summed E-state index contributed by atoms with van der Waals surface area (Å²) in [5, 5.41) is 16.9. The van der Waals surface area contributed by atoms with Crippen LogP contribution in [0.25, 0.3) is 21.1 Å². The van der Waals surface area contributed by atoms with Gasteiger partial charge in [0.15, 0.2) is 5.82 Å². The molecule has 0 unspecified atom stereocenters. The Balaban J connectivity index is 1.50. The van der Waals surface area contributed by atoms with Crippen molar-refractivity contribution in [1.82, 2.24) is 20.2 Å². The molecule has 0 bridgehead atoms. The fourth-order valence-electron chi connectivity index (χ4n) is 3.15. The van der Waals surface area contributed by atoms with Crippen LogP contribution in [0, 0.1) is 0 Å². The molecule has 5 aromatic rings. The Bertz CT molecular complexity index is 1300. The number of nitrogens with one attached hydrogen (secondary N) is 3. The Kier molecular flexibility index (Phi) is 4.25. The Morgan fingerprint density at radius 3 is 2.76 bits per heavy atom. The lowest BCUT2D eigenvalue weighted by molar-refractivity contribution is 1.12. The van der Waals surface area contributed by atoms with Crippen LogP contribution in [0.2, 0.25) is 0 Å². The van der Waals surface area contributed by atoms with Gasteiger partial charge in [0, 0.05) is 36.5 Å². The molecule has 8 heteroatoms. The number of nitrogens with zero attached hydrogens (tertiary/aromatic N) is 4. The van der Waals surface area contributed by atoms with Crippen molar-refractivity contribution in [2.75, 3.05) is 29.6 Å². The largest absolute Gasteiger partial charge is 0.378 e. The van der Waals surface area contributed by atoms with Crippen molar-refractivity contribution < 1.29 is 0 Å². The lowest BCUT2D eigenvalue weighted by Gasteiger charge is -2.14. The second-order valence-electron chi connectivity index (χ2n) is 6.90. The highest BCUT2D eigenvalue weighted by Crippen LogP contribution is 2.31. The van der Waals surface area contributed by atoms with Gasteiger partial charge in [-0.1, -0.05) is 6.07 Å². The normalized spacial score (nSPS) is 11.1. The van der Waals surface area contributed by atoms with E-state index in [0.717, 1.165) is 44.0 Å². The van der Waals surface area contributed by atoms with Crippen LogP contribution < -0.4 is 15.5 Å². The monoisotopic (exact) mass is 401 g/mol. The van der Waals surface area contributed by atoms with E-state index in [0.29, 0.717) is 5.95 Å². The molecular weight excluding hydrogens is 382 g/mol.